The Morgan fingerprint density at radius 3 is 2.47 bits per heavy atom. The minimum absolute atomic E-state index is 0.133. The van der Waals surface area contributed by atoms with Crippen molar-refractivity contribution in [2.24, 2.45) is 5.73 Å². The maximum Gasteiger partial charge on any atom is 0.158 e. The van der Waals surface area contributed by atoms with Crippen LogP contribution < -0.4 is 5.73 Å². The SMILES string of the molecule is COC(CC(CN)N1CCCC1C)OC. The Morgan fingerprint density at radius 2 is 2.07 bits per heavy atom. The second-order valence-corrected chi connectivity index (χ2v) is 4.26. The summed E-state index contributed by atoms with van der Waals surface area (Å²) in [5, 5.41) is 0. The number of hydrogen-bond donors (Lipinski definition) is 1. The van der Waals surface area contributed by atoms with E-state index < -0.39 is 0 Å². The Labute approximate surface area is 92.7 Å². The van der Waals surface area contributed by atoms with Crippen molar-refractivity contribution in [3.8, 4) is 0 Å². The van der Waals surface area contributed by atoms with Gasteiger partial charge in [0, 0.05) is 39.3 Å². The first kappa shape index (κ1) is 12.9. The minimum atomic E-state index is -0.133. The lowest BCUT2D eigenvalue weighted by Gasteiger charge is -2.32. The molecule has 0 aromatic rings. The number of nitrogens with two attached hydrogens (primary N) is 1. The van der Waals surface area contributed by atoms with E-state index >= 15 is 0 Å². The first-order valence-electron chi connectivity index (χ1n) is 5.74. The molecule has 15 heavy (non-hydrogen) atoms. The van der Waals surface area contributed by atoms with E-state index in [2.05, 4.69) is 11.8 Å². The number of rotatable bonds is 6. The first-order chi connectivity index (χ1) is 7.22. The molecule has 1 rings (SSSR count). The molecule has 4 heteroatoms. The summed E-state index contributed by atoms with van der Waals surface area (Å²) in [6.45, 7) is 4.10. The highest BCUT2D eigenvalue weighted by Crippen LogP contribution is 2.21. The highest BCUT2D eigenvalue weighted by Gasteiger charge is 2.28. The van der Waals surface area contributed by atoms with Gasteiger partial charge in [0.2, 0.25) is 0 Å². The Balaban J connectivity index is 2.47. The number of ether oxygens (including phenoxy) is 2. The molecule has 1 saturated heterocycles. The summed E-state index contributed by atoms with van der Waals surface area (Å²) < 4.78 is 10.4. The van der Waals surface area contributed by atoms with E-state index in [9.17, 15) is 0 Å². The maximum atomic E-state index is 5.82. The number of nitrogens with zero attached hydrogens (tertiary/aromatic N) is 1. The maximum absolute atomic E-state index is 5.82. The van der Waals surface area contributed by atoms with E-state index in [1.165, 1.54) is 12.8 Å². The van der Waals surface area contributed by atoms with Gasteiger partial charge in [-0.3, -0.25) is 4.90 Å². The zero-order valence-corrected chi connectivity index (χ0v) is 10.1. The van der Waals surface area contributed by atoms with Crippen LogP contribution in [0.15, 0.2) is 0 Å². The molecule has 1 fully saturated rings. The molecule has 2 unspecified atom stereocenters. The van der Waals surface area contributed by atoms with E-state index in [4.69, 9.17) is 15.2 Å². The van der Waals surface area contributed by atoms with Gasteiger partial charge in [-0.25, -0.2) is 0 Å². The predicted molar refractivity (Wildman–Crippen MR) is 60.7 cm³/mol. The van der Waals surface area contributed by atoms with Gasteiger partial charge in [0.05, 0.1) is 0 Å². The van der Waals surface area contributed by atoms with Crippen LogP contribution in [-0.2, 0) is 9.47 Å². The van der Waals surface area contributed by atoms with Crippen LogP contribution in [0, 0.1) is 0 Å². The molecule has 0 aliphatic carbocycles. The molecule has 0 radical (unpaired) electrons. The lowest BCUT2D eigenvalue weighted by molar-refractivity contribution is -0.116. The molecule has 2 N–H and O–H groups in total. The minimum Gasteiger partial charge on any atom is -0.356 e. The predicted octanol–water partition coefficient (Wildman–Crippen LogP) is 0.807. The standard InChI is InChI=1S/C11H24N2O2/c1-9-5-4-6-13(9)10(8-12)7-11(14-2)15-3/h9-11H,4-8,12H2,1-3H3. The average Bonchev–Trinajstić information content (AvgIpc) is 2.67. The third-order valence-corrected chi connectivity index (χ3v) is 3.34. The molecular formula is C11H24N2O2. The summed E-state index contributed by atoms with van der Waals surface area (Å²) in [6, 6.07) is 1.03. The van der Waals surface area contributed by atoms with Crippen LogP contribution in [0.2, 0.25) is 0 Å². The van der Waals surface area contributed by atoms with E-state index in [0.29, 0.717) is 18.6 Å². The smallest absolute Gasteiger partial charge is 0.158 e. The van der Waals surface area contributed by atoms with Crippen molar-refractivity contribution >= 4 is 0 Å². The van der Waals surface area contributed by atoms with Gasteiger partial charge in [0.1, 0.15) is 0 Å². The fourth-order valence-electron chi connectivity index (χ4n) is 2.38. The Morgan fingerprint density at radius 1 is 1.40 bits per heavy atom. The number of likely N-dealkylation sites (tertiary alicyclic amines) is 1. The zero-order chi connectivity index (χ0) is 11.3. The average molecular weight is 216 g/mol. The molecule has 1 heterocycles. The molecule has 1 aliphatic rings. The van der Waals surface area contributed by atoms with Crippen molar-refractivity contribution in [3.63, 3.8) is 0 Å². The van der Waals surface area contributed by atoms with Gasteiger partial charge in [0.25, 0.3) is 0 Å². The Bertz CT molecular complexity index is 174. The normalized spacial score (nSPS) is 25.0. The highest BCUT2D eigenvalue weighted by molar-refractivity contribution is 4.83. The molecule has 2 atom stereocenters. The van der Waals surface area contributed by atoms with Gasteiger partial charge in [0.15, 0.2) is 6.29 Å². The molecule has 0 spiro atoms. The van der Waals surface area contributed by atoms with Crippen LogP contribution in [0.3, 0.4) is 0 Å². The second kappa shape index (κ2) is 6.43. The van der Waals surface area contributed by atoms with Crippen LogP contribution >= 0.6 is 0 Å². The quantitative estimate of drug-likeness (QED) is 0.667. The monoisotopic (exact) mass is 216 g/mol. The molecule has 0 amide bonds. The third-order valence-electron chi connectivity index (χ3n) is 3.34. The van der Waals surface area contributed by atoms with Crippen molar-refractivity contribution in [3.05, 3.63) is 0 Å². The lowest BCUT2D eigenvalue weighted by Crippen LogP contribution is -2.44. The van der Waals surface area contributed by atoms with Crippen LogP contribution in [0.1, 0.15) is 26.2 Å². The summed E-state index contributed by atoms with van der Waals surface area (Å²) in [4.78, 5) is 2.48. The molecule has 90 valence electrons. The van der Waals surface area contributed by atoms with Crippen molar-refractivity contribution in [2.45, 2.75) is 44.6 Å². The summed E-state index contributed by atoms with van der Waals surface area (Å²) in [7, 11) is 3.35. The molecule has 0 aromatic heterocycles. The summed E-state index contributed by atoms with van der Waals surface area (Å²) in [5.41, 5.74) is 5.82. The van der Waals surface area contributed by atoms with Crippen LogP contribution in [0.4, 0.5) is 0 Å². The van der Waals surface area contributed by atoms with E-state index in [1.54, 1.807) is 14.2 Å². The van der Waals surface area contributed by atoms with Crippen molar-refractivity contribution < 1.29 is 9.47 Å². The Hall–Kier alpha value is -0.160. The van der Waals surface area contributed by atoms with E-state index in [0.717, 1.165) is 13.0 Å². The van der Waals surface area contributed by atoms with E-state index in [1.807, 2.05) is 0 Å². The van der Waals surface area contributed by atoms with Crippen LogP contribution in [0.5, 0.6) is 0 Å². The van der Waals surface area contributed by atoms with Crippen LogP contribution in [-0.4, -0.2) is 50.6 Å². The molecule has 0 bridgehead atoms. The summed E-state index contributed by atoms with van der Waals surface area (Å²) >= 11 is 0. The van der Waals surface area contributed by atoms with Gasteiger partial charge in [-0.2, -0.15) is 0 Å². The fourth-order valence-corrected chi connectivity index (χ4v) is 2.38. The molecule has 0 aromatic carbocycles. The number of methoxy groups -OCH3 is 2. The van der Waals surface area contributed by atoms with E-state index in [-0.39, 0.29) is 6.29 Å². The Kier molecular flexibility index (Phi) is 5.53. The first-order valence-corrected chi connectivity index (χ1v) is 5.74. The van der Waals surface area contributed by atoms with Gasteiger partial charge >= 0.3 is 0 Å². The topological polar surface area (TPSA) is 47.7 Å². The van der Waals surface area contributed by atoms with Gasteiger partial charge in [-0.05, 0) is 26.3 Å². The highest BCUT2D eigenvalue weighted by atomic mass is 16.7. The molecule has 1 aliphatic heterocycles. The second-order valence-electron chi connectivity index (χ2n) is 4.26. The van der Waals surface area contributed by atoms with Gasteiger partial charge in [-0.1, -0.05) is 0 Å². The van der Waals surface area contributed by atoms with Gasteiger partial charge in [-0.15, -0.1) is 0 Å². The molecular weight excluding hydrogens is 192 g/mol. The van der Waals surface area contributed by atoms with Crippen LogP contribution in [0.25, 0.3) is 0 Å². The lowest BCUT2D eigenvalue weighted by atomic mass is 10.1. The zero-order valence-electron chi connectivity index (χ0n) is 10.1. The molecule has 0 saturated carbocycles. The van der Waals surface area contributed by atoms with Crippen molar-refractivity contribution in [1.29, 1.82) is 0 Å². The number of hydrogen-bond acceptors (Lipinski definition) is 4. The summed E-state index contributed by atoms with van der Waals surface area (Å²) in [6.07, 6.45) is 3.28. The van der Waals surface area contributed by atoms with Crippen molar-refractivity contribution in [1.82, 2.24) is 4.90 Å². The van der Waals surface area contributed by atoms with Crippen molar-refractivity contribution in [2.75, 3.05) is 27.3 Å². The summed E-state index contributed by atoms with van der Waals surface area (Å²) in [5.74, 6) is 0. The largest absolute Gasteiger partial charge is 0.356 e. The third kappa shape index (κ3) is 3.41. The van der Waals surface area contributed by atoms with Gasteiger partial charge < -0.3 is 15.2 Å². The molecule has 4 nitrogen and oxygen atoms in total. The fraction of sp³-hybridized carbons (Fsp3) is 1.00.